The quantitative estimate of drug-likeness (QED) is 0.628. The fourth-order valence-electron chi connectivity index (χ4n) is 2.12. The lowest BCUT2D eigenvalue weighted by Crippen LogP contribution is -2.28. The molecule has 1 fully saturated rings. The molecule has 1 heterocycles. The summed E-state index contributed by atoms with van der Waals surface area (Å²) in [6.45, 7) is 1.10. The van der Waals surface area contributed by atoms with Gasteiger partial charge >= 0.3 is 0 Å². The molecule has 0 aromatic heterocycles. The highest BCUT2D eigenvalue weighted by atomic mass is 35.7. The lowest BCUT2D eigenvalue weighted by atomic mass is 10.1. The van der Waals surface area contributed by atoms with Gasteiger partial charge in [-0.3, -0.25) is 9.59 Å². The maximum absolute atomic E-state index is 13.2. The summed E-state index contributed by atoms with van der Waals surface area (Å²) in [7, 11) is 1.38. The van der Waals surface area contributed by atoms with Crippen LogP contribution >= 0.6 is 10.7 Å². The van der Waals surface area contributed by atoms with Crippen molar-refractivity contribution in [3.8, 4) is 0 Å². The van der Waals surface area contributed by atoms with Gasteiger partial charge in [0.25, 0.3) is 0 Å². The predicted molar refractivity (Wildman–Crippen MR) is 71.9 cm³/mol. The first kappa shape index (κ1) is 14.9. The number of halogens is 2. The van der Waals surface area contributed by atoms with Crippen LogP contribution in [0.4, 0.5) is 10.1 Å². The molecule has 1 saturated heterocycles. The van der Waals surface area contributed by atoms with Gasteiger partial charge in [-0.1, -0.05) is 0 Å². The molecular weight excluding hydrogens is 309 g/mol. The molecule has 8 heteroatoms. The highest BCUT2D eigenvalue weighted by Gasteiger charge is 2.38. The first-order valence-electron chi connectivity index (χ1n) is 5.74. The normalized spacial score (nSPS) is 19.4. The van der Waals surface area contributed by atoms with Gasteiger partial charge in [-0.25, -0.2) is 12.8 Å². The van der Waals surface area contributed by atoms with Crippen LogP contribution in [0.3, 0.4) is 0 Å². The Kier molecular flexibility index (Phi) is 3.84. The summed E-state index contributed by atoms with van der Waals surface area (Å²) in [5, 5.41) is -1.03. The predicted octanol–water partition coefficient (Wildman–Crippen LogP) is 1.70. The van der Waals surface area contributed by atoms with Crippen LogP contribution in [0.5, 0.6) is 0 Å². The van der Waals surface area contributed by atoms with Crippen molar-refractivity contribution < 1.29 is 22.4 Å². The van der Waals surface area contributed by atoms with E-state index < -0.39 is 31.8 Å². The number of ketones is 1. The van der Waals surface area contributed by atoms with E-state index in [-0.39, 0.29) is 24.2 Å². The summed E-state index contributed by atoms with van der Waals surface area (Å²) in [6.07, 6.45) is -0.249. The van der Waals surface area contributed by atoms with Crippen LogP contribution in [0, 0.1) is 5.82 Å². The summed E-state index contributed by atoms with van der Waals surface area (Å²) in [6, 6.07) is 3.41. The van der Waals surface area contributed by atoms with Crippen molar-refractivity contribution in [2.24, 2.45) is 0 Å². The maximum atomic E-state index is 13.2. The molecule has 1 aliphatic rings. The zero-order chi connectivity index (χ0) is 15.1. The molecule has 2 rings (SSSR count). The van der Waals surface area contributed by atoms with Gasteiger partial charge in [-0.05, 0) is 25.1 Å². The van der Waals surface area contributed by atoms with Crippen molar-refractivity contribution in [1.29, 1.82) is 0 Å². The minimum atomic E-state index is -3.87. The lowest BCUT2D eigenvalue weighted by Gasteiger charge is -2.19. The molecule has 0 aliphatic carbocycles. The third kappa shape index (κ3) is 2.83. The molecule has 1 amide bonds. The Morgan fingerprint density at radius 2 is 2.10 bits per heavy atom. The third-order valence-electron chi connectivity index (χ3n) is 3.12. The number of carbonyl (C=O) groups is 2. The van der Waals surface area contributed by atoms with Crippen LogP contribution in [0.1, 0.15) is 23.7 Å². The molecule has 1 aromatic carbocycles. The Balaban J connectivity index is 2.43. The number of Topliss-reactive ketones (excluding diaryl/α,β-unsaturated/α-hetero) is 1. The molecule has 1 aliphatic heterocycles. The minimum Gasteiger partial charge on any atom is -0.310 e. The number of nitrogens with zero attached hydrogens (tertiary/aromatic N) is 1. The van der Waals surface area contributed by atoms with E-state index in [1.165, 1.54) is 13.0 Å². The van der Waals surface area contributed by atoms with Gasteiger partial charge in [0.05, 0.1) is 5.69 Å². The molecule has 0 spiro atoms. The van der Waals surface area contributed by atoms with Crippen LogP contribution in [0.2, 0.25) is 0 Å². The van der Waals surface area contributed by atoms with Gasteiger partial charge in [-0.2, -0.15) is 0 Å². The molecule has 1 unspecified atom stereocenters. The number of amides is 1. The largest absolute Gasteiger partial charge is 0.310 e. The van der Waals surface area contributed by atoms with Crippen LogP contribution in [0.15, 0.2) is 18.2 Å². The molecule has 1 aromatic rings. The number of benzene rings is 1. The second-order valence-corrected chi connectivity index (χ2v) is 7.43. The van der Waals surface area contributed by atoms with Crippen molar-refractivity contribution in [1.82, 2.24) is 0 Å². The Hall–Kier alpha value is -1.47. The Labute approximate surface area is 119 Å². The van der Waals surface area contributed by atoms with E-state index in [0.29, 0.717) is 0 Å². The maximum Gasteiger partial charge on any atom is 0.237 e. The number of hydrogen-bond donors (Lipinski definition) is 0. The monoisotopic (exact) mass is 319 g/mol. The van der Waals surface area contributed by atoms with E-state index in [4.69, 9.17) is 10.7 Å². The minimum absolute atomic E-state index is 0.0333. The second-order valence-electron chi connectivity index (χ2n) is 4.52. The van der Waals surface area contributed by atoms with E-state index in [2.05, 4.69) is 0 Å². The zero-order valence-electron chi connectivity index (χ0n) is 10.5. The first-order valence-corrected chi connectivity index (χ1v) is 8.11. The molecule has 20 heavy (non-hydrogen) atoms. The number of anilines is 1. The van der Waals surface area contributed by atoms with Crippen molar-refractivity contribution >= 4 is 37.1 Å². The molecule has 5 nitrogen and oxygen atoms in total. The van der Waals surface area contributed by atoms with Crippen molar-refractivity contribution in [3.63, 3.8) is 0 Å². The van der Waals surface area contributed by atoms with Crippen LogP contribution in [-0.2, 0) is 13.8 Å². The summed E-state index contributed by atoms with van der Waals surface area (Å²) >= 11 is 0. The SMILES string of the molecule is CC(=O)c1cc(F)ccc1N1CC(S(=O)(=O)Cl)CC1=O. The molecule has 0 N–H and O–H groups in total. The number of hydrogen-bond acceptors (Lipinski definition) is 4. The van der Waals surface area contributed by atoms with Gasteiger partial charge in [0, 0.05) is 29.2 Å². The molecular formula is C12H11ClFNO4S. The molecule has 108 valence electrons. The fourth-order valence-corrected chi connectivity index (χ4v) is 3.15. The summed E-state index contributed by atoms with van der Waals surface area (Å²) in [5.74, 6) is -1.48. The Morgan fingerprint density at radius 1 is 1.45 bits per heavy atom. The second kappa shape index (κ2) is 5.14. The molecule has 1 atom stereocenters. The van der Waals surface area contributed by atoms with Gasteiger partial charge < -0.3 is 4.90 Å². The van der Waals surface area contributed by atoms with E-state index in [9.17, 15) is 22.4 Å². The van der Waals surface area contributed by atoms with Gasteiger partial charge in [-0.15, -0.1) is 0 Å². The molecule has 0 radical (unpaired) electrons. The third-order valence-corrected chi connectivity index (χ3v) is 4.98. The highest BCUT2D eigenvalue weighted by molar-refractivity contribution is 8.14. The lowest BCUT2D eigenvalue weighted by molar-refractivity contribution is -0.117. The van der Waals surface area contributed by atoms with E-state index >= 15 is 0 Å². The highest BCUT2D eigenvalue weighted by Crippen LogP contribution is 2.30. The van der Waals surface area contributed by atoms with Crippen molar-refractivity contribution in [3.05, 3.63) is 29.6 Å². The van der Waals surface area contributed by atoms with E-state index in [0.717, 1.165) is 17.0 Å². The van der Waals surface area contributed by atoms with Crippen molar-refractivity contribution in [2.45, 2.75) is 18.6 Å². The molecule has 0 saturated carbocycles. The Morgan fingerprint density at radius 3 is 2.60 bits per heavy atom. The van der Waals surface area contributed by atoms with Gasteiger partial charge in [0.1, 0.15) is 11.1 Å². The summed E-state index contributed by atoms with van der Waals surface area (Å²) in [4.78, 5) is 24.6. The summed E-state index contributed by atoms with van der Waals surface area (Å²) < 4.78 is 35.8. The fraction of sp³-hybridized carbons (Fsp3) is 0.333. The van der Waals surface area contributed by atoms with Gasteiger partial charge in [0.15, 0.2) is 5.78 Å². The number of carbonyl (C=O) groups excluding carboxylic acids is 2. The average molecular weight is 320 g/mol. The standard InChI is InChI=1S/C12H11ClFNO4S/c1-7(16)10-4-8(14)2-3-11(10)15-6-9(5-12(15)17)20(13,18)19/h2-4,9H,5-6H2,1H3. The average Bonchev–Trinajstić information content (AvgIpc) is 2.71. The van der Waals surface area contributed by atoms with Crippen LogP contribution in [0.25, 0.3) is 0 Å². The topological polar surface area (TPSA) is 71.5 Å². The first-order chi connectivity index (χ1) is 9.20. The van der Waals surface area contributed by atoms with Crippen LogP contribution < -0.4 is 4.90 Å². The van der Waals surface area contributed by atoms with Crippen LogP contribution in [-0.4, -0.2) is 31.9 Å². The number of rotatable bonds is 3. The van der Waals surface area contributed by atoms with E-state index in [1.807, 2.05) is 0 Å². The summed E-state index contributed by atoms with van der Waals surface area (Å²) in [5.41, 5.74) is 0.234. The van der Waals surface area contributed by atoms with Crippen molar-refractivity contribution in [2.75, 3.05) is 11.4 Å². The molecule has 0 bridgehead atoms. The Bertz CT molecular complexity index is 689. The van der Waals surface area contributed by atoms with E-state index in [1.54, 1.807) is 0 Å². The van der Waals surface area contributed by atoms with Gasteiger partial charge in [0.2, 0.25) is 15.0 Å². The smallest absolute Gasteiger partial charge is 0.237 e. The zero-order valence-corrected chi connectivity index (χ0v) is 12.0.